The molecule has 0 bridgehead atoms. The van der Waals surface area contributed by atoms with Crippen LogP contribution in [0.25, 0.3) is 11.5 Å². The number of carbonyl (C=O) groups excluding carboxylic acids is 2. The molecule has 1 aliphatic carbocycles. The van der Waals surface area contributed by atoms with Gasteiger partial charge in [0.1, 0.15) is 0 Å². The molecule has 144 valence electrons. The topological polar surface area (TPSA) is 97.1 Å². The molecule has 7 nitrogen and oxygen atoms in total. The second kappa shape index (κ2) is 7.72. The summed E-state index contributed by atoms with van der Waals surface area (Å²) in [5, 5.41) is 12.8. The first-order valence-electron chi connectivity index (χ1n) is 8.95. The number of amides is 3. The maximum Gasteiger partial charge on any atom is 0.321 e. The second-order valence-electron chi connectivity index (χ2n) is 7.70. The second-order valence-corrected chi connectivity index (χ2v) is 8.99. The fourth-order valence-corrected chi connectivity index (χ4v) is 3.04. The molecule has 1 aromatic carbocycles. The van der Waals surface area contributed by atoms with Crippen LogP contribution in [-0.2, 0) is 10.2 Å². The third-order valence-electron chi connectivity index (χ3n) is 4.20. The van der Waals surface area contributed by atoms with Gasteiger partial charge in [-0.05, 0) is 42.9 Å². The van der Waals surface area contributed by atoms with Crippen LogP contribution >= 0.6 is 11.8 Å². The Kier molecular flexibility index (Phi) is 5.55. The van der Waals surface area contributed by atoms with E-state index in [1.807, 2.05) is 24.3 Å². The van der Waals surface area contributed by atoms with Gasteiger partial charge in [0.05, 0.1) is 5.25 Å². The zero-order chi connectivity index (χ0) is 19.6. The van der Waals surface area contributed by atoms with Gasteiger partial charge < -0.3 is 9.73 Å². The average Bonchev–Trinajstić information content (AvgIpc) is 3.29. The first kappa shape index (κ1) is 19.4. The molecule has 1 fully saturated rings. The van der Waals surface area contributed by atoms with Crippen LogP contribution in [-0.4, -0.2) is 33.4 Å². The first-order chi connectivity index (χ1) is 12.7. The van der Waals surface area contributed by atoms with Crippen molar-refractivity contribution in [3.63, 3.8) is 0 Å². The third-order valence-corrected chi connectivity index (χ3v) is 5.13. The largest absolute Gasteiger partial charge is 0.411 e. The van der Waals surface area contributed by atoms with Crippen molar-refractivity contribution in [1.29, 1.82) is 0 Å². The number of urea groups is 1. The van der Waals surface area contributed by atoms with Crippen molar-refractivity contribution in [2.75, 3.05) is 0 Å². The molecule has 0 radical (unpaired) electrons. The summed E-state index contributed by atoms with van der Waals surface area (Å²) < 4.78 is 5.66. The van der Waals surface area contributed by atoms with Crippen molar-refractivity contribution >= 4 is 23.7 Å². The quantitative estimate of drug-likeness (QED) is 0.761. The Morgan fingerprint density at radius 3 is 2.44 bits per heavy atom. The fraction of sp³-hybridized carbons (Fsp3) is 0.474. The molecule has 0 spiro atoms. The lowest BCUT2D eigenvalue weighted by atomic mass is 9.87. The van der Waals surface area contributed by atoms with E-state index >= 15 is 0 Å². The Morgan fingerprint density at radius 2 is 1.85 bits per heavy atom. The zero-order valence-electron chi connectivity index (χ0n) is 15.9. The molecule has 0 aliphatic heterocycles. The molecule has 1 aromatic heterocycles. The van der Waals surface area contributed by atoms with Crippen LogP contribution in [0.5, 0.6) is 0 Å². The molecule has 0 saturated heterocycles. The van der Waals surface area contributed by atoms with Crippen molar-refractivity contribution in [2.24, 2.45) is 0 Å². The number of imide groups is 1. The molecule has 1 saturated carbocycles. The number of benzene rings is 1. The lowest BCUT2D eigenvalue weighted by Gasteiger charge is -2.18. The highest BCUT2D eigenvalue weighted by molar-refractivity contribution is 8.00. The van der Waals surface area contributed by atoms with Crippen LogP contribution in [0, 0.1) is 0 Å². The van der Waals surface area contributed by atoms with E-state index in [4.69, 9.17) is 4.42 Å². The Labute approximate surface area is 162 Å². The Hall–Kier alpha value is -2.35. The average molecular weight is 388 g/mol. The van der Waals surface area contributed by atoms with Crippen molar-refractivity contribution in [1.82, 2.24) is 20.8 Å². The van der Waals surface area contributed by atoms with Gasteiger partial charge in [0.15, 0.2) is 0 Å². The summed E-state index contributed by atoms with van der Waals surface area (Å²) in [6.07, 6.45) is 1.93. The van der Waals surface area contributed by atoms with Crippen molar-refractivity contribution in [2.45, 2.75) is 62.5 Å². The fourth-order valence-electron chi connectivity index (χ4n) is 2.35. The minimum absolute atomic E-state index is 0.0724. The number of rotatable bonds is 5. The smallest absolute Gasteiger partial charge is 0.321 e. The van der Waals surface area contributed by atoms with Crippen LogP contribution in [0.2, 0.25) is 0 Å². The molecule has 1 aliphatic rings. The SMILES string of the molecule is CC(Sc1nnc(-c2ccc(C(C)(C)C)cc2)o1)C(=O)NC(=O)NC1CC1. The highest BCUT2D eigenvalue weighted by Crippen LogP contribution is 2.28. The van der Waals surface area contributed by atoms with E-state index in [9.17, 15) is 9.59 Å². The highest BCUT2D eigenvalue weighted by Gasteiger charge is 2.26. The van der Waals surface area contributed by atoms with E-state index in [0.29, 0.717) is 5.89 Å². The number of hydrogen-bond donors (Lipinski definition) is 2. The van der Waals surface area contributed by atoms with Crippen molar-refractivity contribution in [3.8, 4) is 11.5 Å². The Balaban J connectivity index is 1.58. The van der Waals surface area contributed by atoms with E-state index in [0.717, 1.165) is 30.2 Å². The van der Waals surface area contributed by atoms with Crippen molar-refractivity contribution in [3.05, 3.63) is 29.8 Å². The van der Waals surface area contributed by atoms with E-state index in [1.165, 1.54) is 5.56 Å². The summed E-state index contributed by atoms with van der Waals surface area (Å²) in [6, 6.07) is 7.72. The monoisotopic (exact) mass is 388 g/mol. The molecule has 2 N–H and O–H groups in total. The molecular weight excluding hydrogens is 364 g/mol. The lowest BCUT2D eigenvalue weighted by molar-refractivity contribution is -0.119. The van der Waals surface area contributed by atoms with Crippen LogP contribution in [0.1, 0.15) is 46.1 Å². The van der Waals surface area contributed by atoms with Gasteiger partial charge in [-0.25, -0.2) is 4.79 Å². The summed E-state index contributed by atoms with van der Waals surface area (Å²) in [6.45, 7) is 8.15. The number of nitrogens with one attached hydrogen (secondary N) is 2. The molecule has 27 heavy (non-hydrogen) atoms. The predicted molar refractivity (Wildman–Crippen MR) is 103 cm³/mol. The van der Waals surface area contributed by atoms with Crippen molar-refractivity contribution < 1.29 is 14.0 Å². The maximum absolute atomic E-state index is 12.1. The van der Waals surface area contributed by atoms with Gasteiger partial charge in [-0.3, -0.25) is 10.1 Å². The van der Waals surface area contributed by atoms with Gasteiger partial charge in [-0.1, -0.05) is 44.7 Å². The van der Waals surface area contributed by atoms with Gasteiger partial charge in [0, 0.05) is 11.6 Å². The normalized spacial score (nSPS) is 15.3. The summed E-state index contributed by atoms with van der Waals surface area (Å²) >= 11 is 1.12. The van der Waals surface area contributed by atoms with Gasteiger partial charge in [0.2, 0.25) is 11.8 Å². The molecule has 3 rings (SSSR count). The highest BCUT2D eigenvalue weighted by atomic mass is 32.2. The van der Waals surface area contributed by atoms with Gasteiger partial charge in [-0.15, -0.1) is 10.2 Å². The minimum atomic E-state index is -0.536. The predicted octanol–water partition coefficient (Wildman–Crippen LogP) is 3.50. The molecule has 8 heteroatoms. The van der Waals surface area contributed by atoms with Crippen LogP contribution in [0.3, 0.4) is 0 Å². The molecule has 1 atom stereocenters. The zero-order valence-corrected chi connectivity index (χ0v) is 16.7. The number of aromatic nitrogens is 2. The molecule has 3 amide bonds. The van der Waals surface area contributed by atoms with Gasteiger partial charge in [0.25, 0.3) is 5.22 Å². The van der Waals surface area contributed by atoms with E-state index in [-0.39, 0.29) is 16.7 Å². The summed E-state index contributed by atoms with van der Waals surface area (Å²) in [5.41, 5.74) is 2.11. The van der Waals surface area contributed by atoms with Gasteiger partial charge in [-0.2, -0.15) is 0 Å². The molecule has 1 unspecified atom stereocenters. The van der Waals surface area contributed by atoms with Crippen LogP contribution < -0.4 is 10.6 Å². The molecule has 1 heterocycles. The van der Waals surface area contributed by atoms with Crippen LogP contribution in [0.4, 0.5) is 4.79 Å². The summed E-state index contributed by atoms with van der Waals surface area (Å²) in [4.78, 5) is 23.7. The van der Waals surface area contributed by atoms with Gasteiger partial charge >= 0.3 is 6.03 Å². The lowest BCUT2D eigenvalue weighted by Crippen LogP contribution is -2.43. The number of carbonyl (C=O) groups is 2. The standard InChI is InChI=1S/C19H24N4O3S/c1-11(15(24)21-17(25)20-14-9-10-14)27-18-23-22-16(26-18)12-5-7-13(8-6-12)19(2,3)4/h5-8,11,14H,9-10H2,1-4H3,(H2,20,21,24,25). The number of hydrogen-bond acceptors (Lipinski definition) is 6. The molecular formula is C19H24N4O3S. The number of nitrogens with zero attached hydrogens (tertiary/aromatic N) is 2. The van der Waals surface area contributed by atoms with E-state index in [1.54, 1.807) is 6.92 Å². The summed E-state index contributed by atoms with van der Waals surface area (Å²) in [5.74, 6) is 0.00414. The third kappa shape index (κ3) is 5.32. The van der Waals surface area contributed by atoms with E-state index in [2.05, 4.69) is 41.6 Å². The number of thioether (sulfide) groups is 1. The Bertz CT molecular complexity index is 822. The summed E-state index contributed by atoms with van der Waals surface area (Å²) in [7, 11) is 0. The minimum Gasteiger partial charge on any atom is -0.411 e. The first-order valence-corrected chi connectivity index (χ1v) is 9.83. The van der Waals surface area contributed by atoms with E-state index < -0.39 is 17.2 Å². The van der Waals surface area contributed by atoms with Crippen LogP contribution in [0.15, 0.2) is 33.9 Å². The molecule has 2 aromatic rings. The Morgan fingerprint density at radius 1 is 1.19 bits per heavy atom. The maximum atomic E-state index is 12.1.